The lowest BCUT2D eigenvalue weighted by atomic mass is 9.68. The second kappa shape index (κ2) is 7.46. The third kappa shape index (κ3) is 3.24. The summed E-state index contributed by atoms with van der Waals surface area (Å²) in [6.45, 7) is 1.29. The van der Waals surface area contributed by atoms with Gasteiger partial charge in [0.15, 0.2) is 0 Å². The van der Waals surface area contributed by atoms with Gasteiger partial charge in [0.2, 0.25) is 15.9 Å². The van der Waals surface area contributed by atoms with Crippen molar-refractivity contribution in [3.8, 4) is 5.75 Å². The molecule has 0 unspecified atom stereocenters. The Balaban J connectivity index is 1.66. The number of nitrogens with zero attached hydrogens (tertiary/aromatic N) is 3. The highest BCUT2D eigenvalue weighted by atomic mass is 32.2. The maximum atomic E-state index is 12.8. The average molecular weight is 462 g/mol. The van der Waals surface area contributed by atoms with Gasteiger partial charge in [0.25, 0.3) is 0 Å². The quantitative estimate of drug-likeness (QED) is 0.749. The molecule has 1 aromatic carbocycles. The lowest BCUT2D eigenvalue weighted by Crippen LogP contribution is -2.56. The summed E-state index contributed by atoms with van der Waals surface area (Å²) in [5.41, 5.74) is 2.52. The second-order valence-corrected chi connectivity index (χ2v) is 11.5. The fraction of sp³-hybridized carbons (Fsp3) is 0.609. The Bertz CT molecular complexity index is 1180. The second-order valence-electron chi connectivity index (χ2n) is 9.59. The Hall–Kier alpha value is -2.10. The number of methoxy groups -OCH3 is 1. The van der Waals surface area contributed by atoms with E-state index in [-0.39, 0.29) is 18.4 Å². The highest BCUT2D eigenvalue weighted by molar-refractivity contribution is 7.88. The summed E-state index contributed by atoms with van der Waals surface area (Å²) < 4.78 is 34.5. The number of sulfonamides is 1. The Kier molecular flexibility index (Phi) is 5.07. The molecule has 32 heavy (non-hydrogen) atoms. The number of aliphatic hydroxyl groups excluding tert-OH is 1. The SMILES string of the molecule is COc1ccc2c3c(n(C)c2c1)[C@H](CO)N(S(C)(=O)=O)CC31CCN(C(=O)C2CC2)CC1. The van der Waals surface area contributed by atoms with Gasteiger partial charge in [-0.25, -0.2) is 8.42 Å². The van der Waals surface area contributed by atoms with Gasteiger partial charge >= 0.3 is 0 Å². The van der Waals surface area contributed by atoms with Gasteiger partial charge in [-0.05, 0) is 43.4 Å². The Morgan fingerprint density at radius 2 is 1.94 bits per heavy atom. The van der Waals surface area contributed by atoms with E-state index in [1.165, 1.54) is 10.6 Å². The summed E-state index contributed by atoms with van der Waals surface area (Å²) in [5, 5.41) is 11.4. The number of carbonyl (C=O) groups is 1. The first-order chi connectivity index (χ1) is 15.2. The summed E-state index contributed by atoms with van der Waals surface area (Å²) in [5.74, 6) is 1.16. The molecule has 3 heterocycles. The van der Waals surface area contributed by atoms with Crippen molar-refractivity contribution in [2.45, 2.75) is 37.1 Å². The minimum Gasteiger partial charge on any atom is -0.497 e. The van der Waals surface area contributed by atoms with Crippen LogP contribution in [0.2, 0.25) is 0 Å². The third-order valence-corrected chi connectivity index (χ3v) is 8.90. The Labute approximate surface area is 188 Å². The average Bonchev–Trinajstić information content (AvgIpc) is 3.58. The fourth-order valence-electron chi connectivity index (χ4n) is 5.81. The number of hydrogen-bond donors (Lipinski definition) is 1. The van der Waals surface area contributed by atoms with Gasteiger partial charge in [0.1, 0.15) is 5.75 Å². The van der Waals surface area contributed by atoms with Crippen molar-refractivity contribution < 1.29 is 23.1 Å². The van der Waals surface area contributed by atoms with Crippen molar-refractivity contribution in [1.82, 2.24) is 13.8 Å². The lowest BCUT2D eigenvalue weighted by molar-refractivity contribution is -0.134. The Morgan fingerprint density at radius 1 is 1.25 bits per heavy atom. The number of aryl methyl sites for hydroxylation is 1. The number of carbonyl (C=O) groups excluding carboxylic acids is 1. The summed E-state index contributed by atoms with van der Waals surface area (Å²) in [7, 11) is -0.000654. The first-order valence-corrected chi connectivity index (χ1v) is 13.1. The zero-order valence-electron chi connectivity index (χ0n) is 18.9. The van der Waals surface area contributed by atoms with Crippen LogP contribution in [0, 0.1) is 5.92 Å². The van der Waals surface area contributed by atoms with Gasteiger partial charge in [-0.15, -0.1) is 0 Å². The third-order valence-electron chi connectivity index (χ3n) is 7.66. The number of amides is 1. The molecule has 9 heteroatoms. The van der Waals surface area contributed by atoms with Crippen LogP contribution in [0.25, 0.3) is 10.9 Å². The van der Waals surface area contributed by atoms with Gasteiger partial charge < -0.3 is 19.3 Å². The van der Waals surface area contributed by atoms with Gasteiger partial charge in [-0.2, -0.15) is 4.31 Å². The molecule has 0 bridgehead atoms. The molecule has 5 rings (SSSR count). The molecule has 8 nitrogen and oxygen atoms in total. The minimum atomic E-state index is -3.55. The molecule has 1 amide bonds. The van der Waals surface area contributed by atoms with Crippen LogP contribution in [-0.2, 0) is 27.3 Å². The van der Waals surface area contributed by atoms with Crippen LogP contribution in [0.15, 0.2) is 18.2 Å². The number of aliphatic hydroxyl groups is 1. The predicted octanol–water partition coefficient (Wildman–Crippen LogP) is 1.77. The van der Waals surface area contributed by atoms with Crippen LogP contribution >= 0.6 is 0 Å². The normalized spacial score (nSPS) is 23.5. The molecule has 0 radical (unpaired) electrons. The molecule has 2 aromatic rings. The molecule has 3 aliphatic rings. The van der Waals surface area contributed by atoms with E-state index in [0.717, 1.165) is 40.8 Å². The monoisotopic (exact) mass is 461 g/mol. The summed E-state index contributed by atoms with van der Waals surface area (Å²) in [6, 6.07) is 5.30. The topological polar surface area (TPSA) is 92.1 Å². The number of benzene rings is 1. The van der Waals surface area contributed by atoms with E-state index in [1.54, 1.807) is 7.11 Å². The number of rotatable bonds is 4. The van der Waals surface area contributed by atoms with Crippen LogP contribution < -0.4 is 4.74 Å². The van der Waals surface area contributed by atoms with E-state index >= 15 is 0 Å². The molecule has 2 aliphatic heterocycles. The summed E-state index contributed by atoms with van der Waals surface area (Å²) in [4.78, 5) is 14.6. The van der Waals surface area contributed by atoms with Gasteiger partial charge in [0.05, 0.1) is 31.5 Å². The largest absolute Gasteiger partial charge is 0.497 e. The summed E-state index contributed by atoms with van der Waals surface area (Å²) >= 11 is 0. The number of ether oxygens (including phenoxy) is 1. The first kappa shape index (κ1) is 21.7. The van der Waals surface area contributed by atoms with E-state index in [9.17, 15) is 18.3 Å². The van der Waals surface area contributed by atoms with Crippen LogP contribution in [0.4, 0.5) is 0 Å². The fourth-order valence-corrected chi connectivity index (χ4v) is 6.92. The van der Waals surface area contributed by atoms with Crippen molar-refractivity contribution in [1.29, 1.82) is 0 Å². The van der Waals surface area contributed by atoms with Crippen molar-refractivity contribution in [2.75, 3.05) is 39.6 Å². The molecule has 1 N–H and O–H groups in total. The van der Waals surface area contributed by atoms with Crippen molar-refractivity contribution in [3.63, 3.8) is 0 Å². The standard InChI is InChI=1S/C23H31N3O5S/c1-24-18-12-16(31-2)6-7-17(18)20-21(24)19(13-27)26(32(3,29)30)14-23(20)8-10-25(11-9-23)22(28)15-4-5-15/h6-7,12,15,19,27H,4-5,8-11,13-14H2,1-3H3/t19-/m0/s1. The molecule has 1 spiro atoms. The maximum absolute atomic E-state index is 12.8. The molecule has 1 saturated carbocycles. The molecule has 1 aromatic heterocycles. The van der Waals surface area contributed by atoms with Crippen LogP contribution in [-0.4, -0.2) is 72.8 Å². The Morgan fingerprint density at radius 3 is 2.50 bits per heavy atom. The minimum absolute atomic E-state index is 0.183. The number of fused-ring (bicyclic) bond motifs is 4. The number of hydrogen-bond acceptors (Lipinski definition) is 5. The van der Waals surface area contributed by atoms with E-state index < -0.39 is 21.5 Å². The van der Waals surface area contributed by atoms with Crippen LogP contribution in [0.5, 0.6) is 5.75 Å². The van der Waals surface area contributed by atoms with Crippen molar-refractivity contribution in [2.24, 2.45) is 13.0 Å². The van der Waals surface area contributed by atoms with E-state index in [0.29, 0.717) is 32.5 Å². The van der Waals surface area contributed by atoms with E-state index in [2.05, 4.69) is 0 Å². The molecule has 2 fully saturated rings. The summed E-state index contributed by atoms with van der Waals surface area (Å²) in [6.07, 6.45) is 4.58. The van der Waals surface area contributed by atoms with Gasteiger partial charge in [-0.1, -0.05) is 0 Å². The van der Waals surface area contributed by atoms with Crippen molar-refractivity contribution >= 4 is 26.8 Å². The highest BCUT2D eigenvalue weighted by Gasteiger charge is 2.51. The zero-order chi connectivity index (χ0) is 22.8. The van der Waals surface area contributed by atoms with Gasteiger partial charge in [-0.3, -0.25) is 4.79 Å². The lowest BCUT2D eigenvalue weighted by Gasteiger charge is -2.49. The van der Waals surface area contributed by atoms with E-state index in [1.807, 2.05) is 34.7 Å². The van der Waals surface area contributed by atoms with Crippen LogP contribution in [0.1, 0.15) is 43.0 Å². The smallest absolute Gasteiger partial charge is 0.225 e. The molecule has 1 saturated heterocycles. The predicted molar refractivity (Wildman–Crippen MR) is 121 cm³/mol. The van der Waals surface area contributed by atoms with Crippen molar-refractivity contribution in [3.05, 3.63) is 29.5 Å². The highest BCUT2D eigenvalue weighted by Crippen LogP contribution is 2.51. The molecule has 1 atom stereocenters. The number of aromatic nitrogens is 1. The first-order valence-electron chi connectivity index (χ1n) is 11.2. The number of likely N-dealkylation sites (tertiary alicyclic amines) is 1. The molecular weight excluding hydrogens is 430 g/mol. The molecule has 174 valence electrons. The van der Waals surface area contributed by atoms with Crippen LogP contribution in [0.3, 0.4) is 0 Å². The molecule has 1 aliphatic carbocycles. The number of piperidine rings is 1. The molecular formula is C23H31N3O5S. The maximum Gasteiger partial charge on any atom is 0.225 e. The van der Waals surface area contributed by atoms with Gasteiger partial charge in [0, 0.05) is 55.2 Å². The van der Waals surface area contributed by atoms with E-state index in [4.69, 9.17) is 4.74 Å². The zero-order valence-corrected chi connectivity index (χ0v) is 19.7.